The highest BCUT2D eigenvalue weighted by Gasteiger charge is 2.55. The number of hydrogen-bond donors (Lipinski definition) is 0. The first-order chi connectivity index (χ1) is 10.1. The zero-order valence-corrected chi connectivity index (χ0v) is 14.6. The molecule has 122 valence electrons. The monoisotopic (exact) mass is 305 g/mol. The number of rotatable bonds is 1. The highest BCUT2D eigenvalue weighted by atomic mass is 19.1. The summed E-state index contributed by atoms with van der Waals surface area (Å²) in [6, 6.07) is 5.68. The van der Waals surface area contributed by atoms with Crippen molar-refractivity contribution in [2.75, 3.05) is 7.05 Å². The van der Waals surface area contributed by atoms with Gasteiger partial charge in [0.15, 0.2) is 0 Å². The molecular formula is C19H28FNO. The van der Waals surface area contributed by atoms with Gasteiger partial charge < -0.3 is 0 Å². The second-order valence-electron chi connectivity index (χ2n) is 8.24. The molecule has 0 unspecified atom stereocenters. The topological polar surface area (TPSA) is 12.5 Å². The molecule has 0 radical (unpaired) electrons. The van der Waals surface area contributed by atoms with Gasteiger partial charge in [0, 0.05) is 19.0 Å². The van der Waals surface area contributed by atoms with Crippen LogP contribution in [-0.2, 0) is 10.3 Å². The van der Waals surface area contributed by atoms with Crippen LogP contribution in [0.3, 0.4) is 0 Å². The van der Waals surface area contributed by atoms with Crippen molar-refractivity contribution in [1.29, 1.82) is 0 Å². The molecule has 0 amide bonds. The fraction of sp³-hybridized carbons (Fsp3) is 0.684. The van der Waals surface area contributed by atoms with Gasteiger partial charge in [-0.3, -0.25) is 4.84 Å². The summed E-state index contributed by atoms with van der Waals surface area (Å²) in [6.45, 7) is 11.1. The van der Waals surface area contributed by atoms with Crippen molar-refractivity contribution >= 4 is 0 Å². The van der Waals surface area contributed by atoms with E-state index in [1.54, 1.807) is 12.1 Å². The average Bonchev–Trinajstić information content (AvgIpc) is 2.62. The molecule has 1 saturated heterocycles. The number of hydrogen-bond acceptors (Lipinski definition) is 2. The van der Waals surface area contributed by atoms with Gasteiger partial charge >= 0.3 is 0 Å². The molecule has 2 fully saturated rings. The fourth-order valence-electron chi connectivity index (χ4n) is 5.15. The van der Waals surface area contributed by atoms with E-state index in [2.05, 4.69) is 46.7 Å². The van der Waals surface area contributed by atoms with Crippen LogP contribution in [0.4, 0.5) is 4.39 Å². The lowest BCUT2D eigenvalue weighted by Gasteiger charge is -2.47. The number of fused-ring (bicyclic) bond motifs is 1. The van der Waals surface area contributed by atoms with Crippen molar-refractivity contribution in [3.05, 3.63) is 35.1 Å². The van der Waals surface area contributed by atoms with Crippen LogP contribution in [-0.4, -0.2) is 23.8 Å². The van der Waals surface area contributed by atoms with E-state index in [1.807, 2.05) is 6.07 Å². The van der Waals surface area contributed by atoms with Gasteiger partial charge in [0.2, 0.25) is 0 Å². The van der Waals surface area contributed by atoms with Gasteiger partial charge in [0.1, 0.15) is 5.82 Å². The van der Waals surface area contributed by atoms with Crippen molar-refractivity contribution in [3.8, 4) is 0 Å². The first kappa shape index (κ1) is 15.9. The highest BCUT2D eigenvalue weighted by Crippen LogP contribution is 2.53. The Balaban J connectivity index is 2.01. The Kier molecular flexibility index (Phi) is 3.65. The number of halogens is 1. The van der Waals surface area contributed by atoms with Crippen molar-refractivity contribution in [3.63, 3.8) is 0 Å². The van der Waals surface area contributed by atoms with E-state index in [-0.39, 0.29) is 16.8 Å². The van der Waals surface area contributed by atoms with Crippen molar-refractivity contribution < 1.29 is 9.23 Å². The predicted octanol–water partition coefficient (Wildman–Crippen LogP) is 4.46. The molecule has 1 aliphatic carbocycles. The number of nitrogens with zero attached hydrogens (tertiary/aromatic N) is 1. The smallest absolute Gasteiger partial charge is 0.123 e. The van der Waals surface area contributed by atoms with Crippen molar-refractivity contribution in [2.24, 2.45) is 11.8 Å². The molecule has 0 bridgehead atoms. The summed E-state index contributed by atoms with van der Waals surface area (Å²) in [7, 11) is 2.05. The molecule has 1 heterocycles. The Morgan fingerprint density at radius 1 is 1.23 bits per heavy atom. The van der Waals surface area contributed by atoms with Gasteiger partial charge in [-0.25, -0.2) is 4.39 Å². The Morgan fingerprint density at radius 2 is 1.91 bits per heavy atom. The predicted molar refractivity (Wildman–Crippen MR) is 87.1 cm³/mol. The Morgan fingerprint density at radius 3 is 2.59 bits per heavy atom. The maximum absolute atomic E-state index is 13.8. The second kappa shape index (κ2) is 5.04. The molecule has 1 saturated carbocycles. The van der Waals surface area contributed by atoms with Crippen molar-refractivity contribution in [2.45, 2.75) is 64.5 Å². The highest BCUT2D eigenvalue weighted by molar-refractivity contribution is 5.35. The summed E-state index contributed by atoms with van der Waals surface area (Å²) in [5.41, 5.74) is 2.22. The molecule has 2 aliphatic rings. The maximum Gasteiger partial charge on any atom is 0.123 e. The molecule has 3 heteroatoms. The Bertz CT molecular complexity index is 585. The van der Waals surface area contributed by atoms with Crippen molar-refractivity contribution in [1.82, 2.24) is 5.06 Å². The van der Waals surface area contributed by atoms with Gasteiger partial charge in [-0.05, 0) is 68.2 Å². The van der Waals surface area contributed by atoms with Gasteiger partial charge in [0.25, 0.3) is 0 Å². The molecule has 0 spiro atoms. The maximum atomic E-state index is 13.8. The van der Waals surface area contributed by atoms with Gasteiger partial charge in [-0.1, -0.05) is 19.9 Å². The molecule has 0 aromatic heterocycles. The molecule has 1 aromatic rings. The molecule has 2 nitrogen and oxygen atoms in total. The molecular weight excluding hydrogens is 277 g/mol. The fourth-order valence-corrected chi connectivity index (χ4v) is 5.15. The molecule has 3 rings (SSSR count). The van der Waals surface area contributed by atoms with E-state index in [0.29, 0.717) is 17.9 Å². The lowest BCUT2D eigenvalue weighted by molar-refractivity contribution is -0.182. The third kappa shape index (κ3) is 2.39. The normalized spacial score (nSPS) is 38.0. The first-order valence-electron chi connectivity index (χ1n) is 8.33. The third-order valence-electron chi connectivity index (χ3n) is 5.98. The van der Waals surface area contributed by atoms with E-state index < -0.39 is 0 Å². The van der Waals surface area contributed by atoms with E-state index >= 15 is 0 Å². The number of hydroxylamine groups is 2. The van der Waals surface area contributed by atoms with Gasteiger partial charge in [-0.15, -0.1) is 0 Å². The lowest BCUT2D eigenvalue weighted by Crippen LogP contribution is -2.48. The molecule has 4 atom stereocenters. The van der Waals surface area contributed by atoms with Crippen LogP contribution in [0.25, 0.3) is 0 Å². The summed E-state index contributed by atoms with van der Waals surface area (Å²) >= 11 is 0. The third-order valence-corrected chi connectivity index (χ3v) is 5.98. The summed E-state index contributed by atoms with van der Waals surface area (Å²) in [5, 5.41) is 2.06. The minimum Gasteiger partial charge on any atom is -0.293 e. The summed E-state index contributed by atoms with van der Waals surface area (Å²) < 4.78 is 13.8. The largest absolute Gasteiger partial charge is 0.293 e. The van der Waals surface area contributed by atoms with E-state index in [4.69, 9.17) is 4.84 Å². The zero-order valence-electron chi connectivity index (χ0n) is 14.6. The lowest BCUT2D eigenvalue weighted by atomic mass is 9.58. The minimum atomic E-state index is -0.156. The van der Waals surface area contributed by atoms with Gasteiger partial charge in [0.05, 0.1) is 5.60 Å². The zero-order chi connectivity index (χ0) is 16.3. The van der Waals surface area contributed by atoms with E-state index in [9.17, 15) is 4.39 Å². The summed E-state index contributed by atoms with van der Waals surface area (Å²) in [4.78, 5) is 6.11. The molecule has 1 aromatic carbocycles. The van der Waals surface area contributed by atoms with Crippen LogP contribution in [0.5, 0.6) is 0 Å². The quantitative estimate of drug-likeness (QED) is 0.759. The molecule has 22 heavy (non-hydrogen) atoms. The van der Waals surface area contributed by atoms with Crippen LogP contribution >= 0.6 is 0 Å². The molecule has 0 N–H and O–H groups in total. The SMILES string of the molecule is Cc1ccc(F)cc1[C@@]1(C)C[C@@H]2[C@@H]([C@@H](C)C1)N(C)OC2(C)C. The first-order valence-corrected chi connectivity index (χ1v) is 8.33. The number of benzene rings is 1. The van der Waals surface area contributed by atoms with Crippen LogP contribution in [0, 0.1) is 24.6 Å². The Hall–Kier alpha value is -0.930. The van der Waals surface area contributed by atoms with Crippen LogP contribution < -0.4 is 0 Å². The minimum absolute atomic E-state index is 0.0125. The summed E-state index contributed by atoms with van der Waals surface area (Å²) in [6.07, 6.45) is 2.12. The van der Waals surface area contributed by atoms with Gasteiger partial charge in [-0.2, -0.15) is 5.06 Å². The van der Waals surface area contributed by atoms with Crippen LogP contribution in [0.1, 0.15) is 51.7 Å². The number of aryl methyl sites for hydroxylation is 1. The van der Waals surface area contributed by atoms with E-state index in [1.165, 1.54) is 11.1 Å². The average molecular weight is 305 g/mol. The Labute approximate surface area is 133 Å². The summed E-state index contributed by atoms with van der Waals surface area (Å²) in [5.74, 6) is 0.864. The van der Waals surface area contributed by atoms with E-state index in [0.717, 1.165) is 12.8 Å². The standard InChI is InChI=1S/C19H28FNO/c1-12-7-8-14(20)9-15(12)19(5)10-13(2)17-16(11-19)18(3,4)22-21(17)6/h7-9,13,16-17H,10-11H2,1-6H3/t13-,16+,17+,19+/m0/s1. The molecule has 1 aliphatic heterocycles. The van der Waals surface area contributed by atoms with Crippen LogP contribution in [0.15, 0.2) is 18.2 Å². The second-order valence-corrected chi connectivity index (χ2v) is 8.24. The van der Waals surface area contributed by atoms with Crippen LogP contribution in [0.2, 0.25) is 0 Å².